The molecular weight excluding hydrogens is 387 g/mol. The van der Waals surface area contributed by atoms with E-state index >= 15 is 0 Å². The highest BCUT2D eigenvalue weighted by Crippen LogP contribution is 2.40. The molecule has 1 heterocycles. The Morgan fingerprint density at radius 1 is 0.714 bits per heavy atom. The number of halogens is 2. The van der Waals surface area contributed by atoms with Crippen LogP contribution in [0.1, 0.15) is 22.7 Å². The summed E-state index contributed by atoms with van der Waals surface area (Å²) >= 11 is 12.2. The number of fused-ring (bicyclic) bond motifs is 3. The van der Waals surface area contributed by atoms with E-state index in [0.29, 0.717) is 5.02 Å². The van der Waals surface area contributed by atoms with Crippen LogP contribution >= 0.6 is 23.2 Å². The van der Waals surface area contributed by atoms with E-state index in [4.69, 9.17) is 28.2 Å². The van der Waals surface area contributed by atoms with Crippen LogP contribution in [0.2, 0.25) is 10.0 Å². The highest BCUT2D eigenvalue weighted by Gasteiger charge is 2.25. The molecule has 4 aromatic carbocycles. The van der Waals surface area contributed by atoms with Crippen molar-refractivity contribution in [2.24, 2.45) is 4.99 Å². The second-order valence-electron chi connectivity index (χ2n) is 6.81. The molecule has 5 rings (SSSR count). The number of benzene rings is 4. The van der Waals surface area contributed by atoms with E-state index in [-0.39, 0.29) is 6.04 Å². The summed E-state index contributed by atoms with van der Waals surface area (Å²) in [5.74, 6) is 0.833. The SMILES string of the molecule is Clc1ccc(C2=N[C@@H](c3ccc(Cl)cc3)c3c(ccc4ccccc34)N2)cc1. The lowest BCUT2D eigenvalue weighted by Gasteiger charge is -2.27. The van der Waals surface area contributed by atoms with Crippen molar-refractivity contribution in [3.63, 3.8) is 0 Å². The van der Waals surface area contributed by atoms with Crippen LogP contribution < -0.4 is 5.32 Å². The average molecular weight is 403 g/mol. The first-order chi connectivity index (χ1) is 13.7. The number of aliphatic imine (C=N–C) groups is 1. The summed E-state index contributed by atoms with van der Waals surface area (Å²) in [5.41, 5.74) is 4.36. The molecule has 1 N–H and O–H groups in total. The molecule has 0 radical (unpaired) electrons. The fraction of sp³-hybridized carbons (Fsp3) is 0.0417. The fourth-order valence-electron chi connectivity index (χ4n) is 3.69. The Morgan fingerprint density at radius 3 is 2.14 bits per heavy atom. The van der Waals surface area contributed by atoms with Gasteiger partial charge in [-0.3, -0.25) is 4.99 Å². The predicted octanol–water partition coefficient (Wildman–Crippen LogP) is 7.11. The summed E-state index contributed by atoms with van der Waals surface area (Å²) < 4.78 is 0. The lowest BCUT2D eigenvalue weighted by atomic mass is 9.91. The highest BCUT2D eigenvalue weighted by atomic mass is 35.5. The van der Waals surface area contributed by atoms with Gasteiger partial charge in [0.2, 0.25) is 0 Å². The van der Waals surface area contributed by atoms with Crippen LogP contribution in [0, 0.1) is 0 Å². The number of anilines is 1. The van der Waals surface area contributed by atoms with Gasteiger partial charge in [0.15, 0.2) is 0 Å². The van der Waals surface area contributed by atoms with E-state index < -0.39 is 0 Å². The van der Waals surface area contributed by atoms with E-state index in [9.17, 15) is 0 Å². The molecule has 4 aromatic rings. The van der Waals surface area contributed by atoms with E-state index in [1.165, 1.54) is 16.3 Å². The first-order valence-electron chi connectivity index (χ1n) is 9.07. The van der Waals surface area contributed by atoms with Gasteiger partial charge in [-0.15, -0.1) is 0 Å². The monoisotopic (exact) mass is 402 g/mol. The van der Waals surface area contributed by atoms with Crippen LogP contribution in [-0.4, -0.2) is 5.84 Å². The molecule has 0 saturated carbocycles. The van der Waals surface area contributed by atoms with Gasteiger partial charge in [-0.2, -0.15) is 0 Å². The fourth-order valence-corrected chi connectivity index (χ4v) is 3.95. The van der Waals surface area contributed by atoms with Crippen LogP contribution in [0.5, 0.6) is 0 Å². The zero-order valence-electron chi connectivity index (χ0n) is 14.9. The van der Waals surface area contributed by atoms with Crippen molar-refractivity contribution in [2.75, 3.05) is 5.32 Å². The molecule has 0 aliphatic carbocycles. The highest BCUT2D eigenvalue weighted by molar-refractivity contribution is 6.31. The molecule has 1 aliphatic heterocycles. The summed E-state index contributed by atoms with van der Waals surface area (Å²) in [4.78, 5) is 5.09. The van der Waals surface area contributed by atoms with Gasteiger partial charge in [0.25, 0.3) is 0 Å². The normalized spacial score (nSPS) is 15.6. The number of nitrogens with one attached hydrogen (secondary N) is 1. The van der Waals surface area contributed by atoms with Gasteiger partial charge in [0, 0.05) is 26.9 Å². The van der Waals surface area contributed by atoms with Crippen LogP contribution in [0.15, 0.2) is 89.9 Å². The minimum atomic E-state index is -0.120. The summed E-state index contributed by atoms with van der Waals surface area (Å²) in [6.07, 6.45) is 0. The van der Waals surface area contributed by atoms with Crippen LogP contribution in [0.3, 0.4) is 0 Å². The van der Waals surface area contributed by atoms with Gasteiger partial charge >= 0.3 is 0 Å². The van der Waals surface area contributed by atoms with E-state index in [1.807, 2.05) is 48.5 Å². The molecule has 0 saturated heterocycles. The minimum Gasteiger partial charge on any atom is -0.340 e. The van der Waals surface area contributed by atoms with Gasteiger partial charge in [0.1, 0.15) is 11.9 Å². The Labute approximate surface area is 173 Å². The van der Waals surface area contributed by atoms with E-state index in [0.717, 1.165) is 27.7 Å². The molecular formula is C24H16Cl2N2. The number of hydrogen-bond acceptors (Lipinski definition) is 2. The second kappa shape index (κ2) is 6.97. The maximum atomic E-state index is 6.12. The largest absolute Gasteiger partial charge is 0.340 e. The number of hydrogen-bond donors (Lipinski definition) is 1. The van der Waals surface area contributed by atoms with Crippen molar-refractivity contribution in [3.8, 4) is 0 Å². The van der Waals surface area contributed by atoms with Crippen LogP contribution in [0.25, 0.3) is 10.8 Å². The molecule has 0 bridgehead atoms. The van der Waals surface area contributed by atoms with Crippen molar-refractivity contribution in [1.29, 1.82) is 0 Å². The molecule has 4 heteroatoms. The van der Waals surface area contributed by atoms with Crippen molar-refractivity contribution in [1.82, 2.24) is 0 Å². The first kappa shape index (κ1) is 17.3. The molecule has 0 fully saturated rings. The van der Waals surface area contributed by atoms with Crippen molar-refractivity contribution < 1.29 is 0 Å². The summed E-state index contributed by atoms with van der Waals surface area (Å²) in [6, 6.07) is 28.2. The lowest BCUT2D eigenvalue weighted by molar-refractivity contribution is 0.872. The maximum Gasteiger partial charge on any atom is 0.133 e. The van der Waals surface area contributed by atoms with Crippen molar-refractivity contribution >= 4 is 45.5 Å². The molecule has 0 aromatic heterocycles. The lowest BCUT2D eigenvalue weighted by Crippen LogP contribution is -2.22. The molecule has 2 nitrogen and oxygen atoms in total. The summed E-state index contributed by atoms with van der Waals surface area (Å²) in [5, 5.41) is 7.35. The smallest absolute Gasteiger partial charge is 0.133 e. The van der Waals surface area contributed by atoms with Crippen LogP contribution in [-0.2, 0) is 0 Å². The molecule has 0 spiro atoms. The predicted molar refractivity (Wildman–Crippen MR) is 119 cm³/mol. The van der Waals surface area contributed by atoms with Crippen molar-refractivity contribution in [3.05, 3.63) is 112 Å². The van der Waals surface area contributed by atoms with Gasteiger partial charge < -0.3 is 5.32 Å². The third-order valence-electron chi connectivity index (χ3n) is 5.06. The Balaban J connectivity index is 1.73. The molecule has 1 atom stereocenters. The zero-order valence-corrected chi connectivity index (χ0v) is 16.4. The quantitative estimate of drug-likeness (QED) is 0.379. The number of nitrogens with zero attached hydrogens (tertiary/aromatic N) is 1. The maximum absolute atomic E-state index is 6.12. The number of rotatable bonds is 2. The van der Waals surface area contributed by atoms with Crippen LogP contribution in [0.4, 0.5) is 5.69 Å². The molecule has 28 heavy (non-hydrogen) atoms. The van der Waals surface area contributed by atoms with Crippen molar-refractivity contribution in [2.45, 2.75) is 6.04 Å². The first-order valence-corrected chi connectivity index (χ1v) is 9.82. The standard InChI is InChI=1S/C24H16Cl2N2/c25-18-10-5-16(6-11-18)23-22-20-4-2-1-3-15(20)9-14-21(22)27-24(28-23)17-7-12-19(26)13-8-17/h1-14,23H,(H,27,28)/t23-/m0/s1. The minimum absolute atomic E-state index is 0.120. The third kappa shape index (κ3) is 3.05. The Bertz CT molecular complexity index is 1200. The Hall–Kier alpha value is -2.81. The molecule has 0 amide bonds. The Morgan fingerprint density at radius 2 is 1.39 bits per heavy atom. The second-order valence-corrected chi connectivity index (χ2v) is 7.68. The van der Waals surface area contributed by atoms with E-state index in [1.54, 1.807) is 0 Å². The molecule has 136 valence electrons. The summed E-state index contributed by atoms with van der Waals surface area (Å²) in [6.45, 7) is 0. The van der Waals surface area contributed by atoms with Gasteiger partial charge in [-0.1, -0.05) is 65.7 Å². The molecule has 0 unspecified atom stereocenters. The molecule has 1 aliphatic rings. The zero-order chi connectivity index (χ0) is 19.1. The van der Waals surface area contributed by atoms with Gasteiger partial charge in [0.05, 0.1) is 0 Å². The van der Waals surface area contributed by atoms with Gasteiger partial charge in [-0.05, 0) is 58.8 Å². The van der Waals surface area contributed by atoms with E-state index in [2.05, 4.69) is 41.7 Å². The third-order valence-corrected chi connectivity index (χ3v) is 5.56. The summed E-state index contributed by atoms with van der Waals surface area (Å²) in [7, 11) is 0. The Kier molecular flexibility index (Phi) is 4.31. The number of amidine groups is 1. The van der Waals surface area contributed by atoms with Gasteiger partial charge in [-0.25, -0.2) is 0 Å². The average Bonchev–Trinajstić information content (AvgIpc) is 2.74. The topological polar surface area (TPSA) is 24.4 Å².